The van der Waals surface area contributed by atoms with Gasteiger partial charge in [-0.1, -0.05) is 0 Å². The molecule has 2 heterocycles. The first-order valence-corrected chi connectivity index (χ1v) is 6.42. The molecule has 0 saturated heterocycles. The predicted octanol–water partition coefficient (Wildman–Crippen LogP) is 1.37. The first kappa shape index (κ1) is 13.0. The summed E-state index contributed by atoms with van der Waals surface area (Å²) in [6, 6.07) is 9.21. The molecular formula is C14H15N7. The Morgan fingerprint density at radius 3 is 2.52 bits per heavy atom. The average Bonchev–Trinajstić information content (AvgIpc) is 2.98. The number of benzene rings is 1. The van der Waals surface area contributed by atoms with Crippen molar-refractivity contribution in [2.75, 3.05) is 24.7 Å². The van der Waals surface area contributed by atoms with E-state index in [1.54, 1.807) is 23.3 Å². The topological polar surface area (TPSA) is 85.8 Å². The van der Waals surface area contributed by atoms with Crippen molar-refractivity contribution in [3.63, 3.8) is 0 Å². The van der Waals surface area contributed by atoms with Gasteiger partial charge in [-0.3, -0.25) is 0 Å². The van der Waals surface area contributed by atoms with E-state index >= 15 is 0 Å². The van der Waals surface area contributed by atoms with Crippen molar-refractivity contribution >= 4 is 11.6 Å². The summed E-state index contributed by atoms with van der Waals surface area (Å²) in [6.45, 7) is 0. The summed E-state index contributed by atoms with van der Waals surface area (Å²) >= 11 is 0. The van der Waals surface area contributed by atoms with Gasteiger partial charge in [0, 0.05) is 37.6 Å². The molecule has 0 amide bonds. The Morgan fingerprint density at radius 1 is 1.05 bits per heavy atom. The van der Waals surface area contributed by atoms with Crippen LogP contribution < -0.4 is 10.6 Å². The fraction of sp³-hybridized carbons (Fsp3) is 0.143. The second kappa shape index (κ2) is 5.20. The van der Waals surface area contributed by atoms with Crippen molar-refractivity contribution in [3.8, 4) is 17.2 Å². The van der Waals surface area contributed by atoms with E-state index in [4.69, 9.17) is 5.73 Å². The lowest BCUT2D eigenvalue weighted by atomic mass is 10.2. The SMILES string of the molecule is CN(C)c1nccc(-n2cnc(-c3ccc(N)cc3)n2)n1. The molecule has 0 radical (unpaired) electrons. The van der Waals surface area contributed by atoms with E-state index in [0.29, 0.717) is 23.3 Å². The highest BCUT2D eigenvalue weighted by atomic mass is 15.4. The number of nitrogens with two attached hydrogens (primary N) is 1. The second-order valence-corrected chi connectivity index (χ2v) is 4.74. The van der Waals surface area contributed by atoms with Crippen LogP contribution in [0.15, 0.2) is 42.9 Å². The van der Waals surface area contributed by atoms with Crippen LogP contribution in [-0.2, 0) is 0 Å². The molecule has 3 rings (SSSR count). The molecule has 7 heteroatoms. The lowest BCUT2D eigenvalue weighted by molar-refractivity contribution is 0.832. The van der Waals surface area contributed by atoms with Crippen LogP contribution in [0.1, 0.15) is 0 Å². The van der Waals surface area contributed by atoms with Crippen LogP contribution in [0.3, 0.4) is 0 Å². The molecule has 0 aliphatic carbocycles. The minimum absolute atomic E-state index is 0.622. The first-order valence-electron chi connectivity index (χ1n) is 6.42. The summed E-state index contributed by atoms with van der Waals surface area (Å²) in [4.78, 5) is 14.7. The monoisotopic (exact) mass is 281 g/mol. The van der Waals surface area contributed by atoms with Gasteiger partial charge in [0.2, 0.25) is 5.95 Å². The lowest BCUT2D eigenvalue weighted by Crippen LogP contribution is -2.13. The average molecular weight is 281 g/mol. The van der Waals surface area contributed by atoms with E-state index in [1.807, 2.05) is 43.3 Å². The summed E-state index contributed by atoms with van der Waals surface area (Å²) in [5.41, 5.74) is 7.30. The van der Waals surface area contributed by atoms with Gasteiger partial charge in [0.1, 0.15) is 6.33 Å². The molecule has 106 valence electrons. The Hall–Kier alpha value is -2.96. The van der Waals surface area contributed by atoms with Crippen LogP contribution in [0.4, 0.5) is 11.6 Å². The van der Waals surface area contributed by atoms with Gasteiger partial charge in [0.25, 0.3) is 0 Å². The summed E-state index contributed by atoms with van der Waals surface area (Å²) in [5, 5.41) is 4.44. The van der Waals surface area contributed by atoms with E-state index in [-0.39, 0.29) is 0 Å². The molecule has 1 aromatic carbocycles. The highest BCUT2D eigenvalue weighted by Gasteiger charge is 2.08. The number of aromatic nitrogens is 5. The van der Waals surface area contributed by atoms with Crippen molar-refractivity contribution in [1.82, 2.24) is 24.7 Å². The molecule has 0 fully saturated rings. The number of rotatable bonds is 3. The minimum Gasteiger partial charge on any atom is -0.399 e. The molecule has 0 aliphatic rings. The summed E-state index contributed by atoms with van der Waals surface area (Å²) in [6.07, 6.45) is 3.33. The summed E-state index contributed by atoms with van der Waals surface area (Å²) < 4.78 is 1.63. The Balaban J connectivity index is 1.94. The van der Waals surface area contributed by atoms with Gasteiger partial charge in [0.05, 0.1) is 0 Å². The molecule has 2 aromatic heterocycles. The molecule has 0 atom stereocenters. The zero-order valence-electron chi connectivity index (χ0n) is 11.8. The van der Waals surface area contributed by atoms with E-state index in [1.165, 1.54) is 0 Å². The Labute approximate surface area is 122 Å². The Morgan fingerprint density at radius 2 is 1.81 bits per heavy atom. The molecule has 0 unspecified atom stereocenters. The molecule has 0 spiro atoms. The number of hydrogen-bond acceptors (Lipinski definition) is 6. The zero-order valence-corrected chi connectivity index (χ0v) is 11.8. The maximum absolute atomic E-state index is 5.68. The fourth-order valence-corrected chi connectivity index (χ4v) is 1.82. The zero-order chi connectivity index (χ0) is 14.8. The van der Waals surface area contributed by atoms with Crippen LogP contribution in [0.25, 0.3) is 17.2 Å². The Kier molecular flexibility index (Phi) is 3.23. The third-order valence-electron chi connectivity index (χ3n) is 2.92. The molecule has 3 aromatic rings. The second-order valence-electron chi connectivity index (χ2n) is 4.74. The fourth-order valence-electron chi connectivity index (χ4n) is 1.82. The highest BCUT2D eigenvalue weighted by molar-refractivity contribution is 5.58. The third-order valence-corrected chi connectivity index (χ3v) is 2.92. The molecular weight excluding hydrogens is 266 g/mol. The van der Waals surface area contributed by atoms with Gasteiger partial charge in [-0.05, 0) is 24.3 Å². The van der Waals surface area contributed by atoms with E-state index in [2.05, 4.69) is 20.1 Å². The van der Waals surface area contributed by atoms with E-state index < -0.39 is 0 Å². The number of anilines is 2. The number of nitrogen functional groups attached to an aromatic ring is 1. The standard InChI is InChI=1S/C14H15N7/c1-20(2)14-16-8-7-12(18-14)21-9-17-13(19-21)10-3-5-11(15)6-4-10/h3-9H,15H2,1-2H3. The maximum atomic E-state index is 5.68. The molecule has 0 saturated carbocycles. The van der Waals surface area contributed by atoms with Gasteiger partial charge < -0.3 is 10.6 Å². The van der Waals surface area contributed by atoms with Gasteiger partial charge in [-0.25, -0.2) is 14.6 Å². The quantitative estimate of drug-likeness (QED) is 0.730. The van der Waals surface area contributed by atoms with Crippen LogP contribution in [-0.4, -0.2) is 38.8 Å². The first-order chi connectivity index (χ1) is 10.1. The molecule has 0 aliphatic heterocycles. The highest BCUT2D eigenvalue weighted by Crippen LogP contribution is 2.17. The van der Waals surface area contributed by atoms with Crippen molar-refractivity contribution in [2.24, 2.45) is 0 Å². The van der Waals surface area contributed by atoms with Gasteiger partial charge in [-0.15, -0.1) is 5.10 Å². The van der Waals surface area contributed by atoms with Crippen LogP contribution in [0.5, 0.6) is 0 Å². The van der Waals surface area contributed by atoms with Crippen LogP contribution in [0.2, 0.25) is 0 Å². The Bertz CT molecular complexity index is 746. The largest absolute Gasteiger partial charge is 0.399 e. The molecule has 7 nitrogen and oxygen atoms in total. The van der Waals surface area contributed by atoms with Crippen LogP contribution >= 0.6 is 0 Å². The molecule has 0 bridgehead atoms. The van der Waals surface area contributed by atoms with Gasteiger partial charge >= 0.3 is 0 Å². The van der Waals surface area contributed by atoms with Gasteiger partial charge in [0.15, 0.2) is 11.6 Å². The summed E-state index contributed by atoms with van der Waals surface area (Å²) in [7, 11) is 3.78. The van der Waals surface area contributed by atoms with Crippen molar-refractivity contribution in [1.29, 1.82) is 0 Å². The summed E-state index contributed by atoms with van der Waals surface area (Å²) in [5.74, 6) is 1.92. The minimum atomic E-state index is 0.622. The molecule has 21 heavy (non-hydrogen) atoms. The number of hydrogen-bond donors (Lipinski definition) is 1. The van der Waals surface area contributed by atoms with Crippen molar-refractivity contribution in [2.45, 2.75) is 0 Å². The predicted molar refractivity (Wildman–Crippen MR) is 81.1 cm³/mol. The lowest BCUT2D eigenvalue weighted by Gasteiger charge is -2.10. The normalized spacial score (nSPS) is 10.6. The van der Waals surface area contributed by atoms with Crippen molar-refractivity contribution in [3.05, 3.63) is 42.9 Å². The van der Waals surface area contributed by atoms with E-state index in [9.17, 15) is 0 Å². The third kappa shape index (κ3) is 2.66. The maximum Gasteiger partial charge on any atom is 0.226 e. The van der Waals surface area contributed by atoms with Crippen molar-refractivity contribution < 1.29 is 0 Å². The number of nitrogens with zero attached hydrogens (tertiary/aromatic N) is 6. The smallest absolute Gasteiger partial charge is 0.226 e. The molecule has 2 N–H and O–H groups in total. The van der Waals surface area contributed by atoms with Gasteiger partial charge in [-0.2, -0.15) is 4.98 Å². The van der Waals surface area contributed by atoms with Crippen LogP contribution in [0, 0.1) is 0 Å². The van der Waals surface area contributed by atoms with E-state index in [0.717, 1.165) is 5.56 Å².